The van der Waals surface area contributed by atoms with Crippen LogP contribution in [-0.4, -0.2) is 30.0 Å². The van der Waals surface area contributed by atoms with Crippen LogP contribution in [0.3, 0.4) is 0 Å². The highest BCUT2D eigenvalue weighted by Crippen LogP contribution is 2.08. The standard InChI is InChI=1S/C9H19N.H2O/c1-2-3-7-10-8-5-4-6-9-10;/h2-9H2,1H3;1H2. The normalized spacial score (nSPS) is 19.4. The molecule has 2 nitrogen and oxygen atoms in total. The van der Waals surface area contributed by atoms with Crippen molar-refractivity contribution in [2.24, 2.45) is 0 Å². The topological polar surface area (TPSA) is 34.7 Å². The Kier molecular flexibility index (Phi) is 6.57. The molecule has 1 aliphatic rings. The molecule has 1 rings (SSSR count). The van der Waals surface area contributed by atoms with Crippen molar-refractivity contribution in [2.75, 3.05) is 19.6 Å². The second kappa shape index (κ2) is 6.62. The van der Waals surface area contributed by atoms with E-state index in [0.717, 1.165) is 0 Å². The molecule has 1 saturated heterocycles. The first-order valence-corrected chi connectivity index (χ1v) is 4.66. The number of hydrogen-bond donors (Lipinski definition) is 0. The molecule has 0 aliphatic carbocycles. The zero-order valence-electron chi connectivity index (χ0n) is 7.60. The van der Waals surface area contributed by atoms with Crippen LogP contribution < -0.4 is 0 Å². The fourth-order valence-electron chi connectivity index (χ4n) is 1.56. The van der Waals surface area contributed by atoms with Crippen LogP contribution >= 0.6 is 0 Å². The molecular weight excluding hydrogens is 138 g/mol. The maximum absolute atomic E-state index is 2.60. The summed E-state index contributed by atoms with van der Waals surface area (Å²) >= 11 is 0. The molecule has 1 aliphatic heterocycles. The van der Waals surface area contributed by atoms with Gasteiger partial charge in [0, 0.05) is 0 Å². The number of unbranched alkanes of at least 4 members (excludes halogenated alkanes) is 1. The first-order valence-electron chi connectivity index (χ1n) is 4.66. The van der Waals surface area contributed by atoms with Crippen LogP contribution in [-0.2, 0) is 0 Å². The molecule has 2 N–H and O–H groups in total. The van der Waals surface area contributed by atoms with Crippen molar-refractivity contribution in [1.82, 2.24) is 4.90 Å². The maximum Gasteiger partial charge on any atom is -0.00187 e. The fraction of sp³-hybridized carbons (Fsp3) is 1.00. The van der Waals surface area contributed by atoms with Crippen molar-refractivity contribution in [1.29, 1.82) is 0 Å². The van der Waals surface area contributed by atoms with Crippen molar-refractivity contribution in [3.63, 3.8) is 0 Å². The summed E-state index contributed by atoms with van der Waals surface area (Å²) in [7, 11) is 0. The second-order valence-electron chi connectivity index (χ2n) is 3.26. The quantitative estimate of drug-likeness (QED) is 0.613. The molecule has 0 aromatic rings. The molecule has 68 valence electrons. The lowest BCUT2D eigenvalue weighted by Crippen LogP contribution is -2.30. The minimum absolute atomic E-state index is 0. The third-order valence-electron chi connectivity index (χ3n) is 2.28. The van der Waals surface area contributed by atoms with E-state index >= 15 is 0 Å². The Bertz CT molecular complexity index is 79.6. The van der Waals surface area contributed by atoms with Gasteiger partial charge in [0.1, 0.15) is 0 Å². The van der Waals surface area contributed by atoms with Gasteiger partial charge in [-0.3, -0.25) is 0 Å². The molecule has 0 bridgehead atoms. The number of likely N-dealkylation sites (tertiary alicyclic amines) is 1. The summed E-state index contributed by atoms with van der Waals surface area (Å²) in [5.41, 5.74) is 0. The fourth-order valence-corrected chi connectivity index (χ4v) is 1.56. The minimum atomic E-state index is 0. The van der Waals surface area contributed by atoms with E-state index in [1.807, 2.05) is 0 Å². The Hall–Kier alpha value is -0.0800. The summed E-state index contributed by atoms with van der Waals surface area (Å²) < 4.78 is 0. The third-order valence-corrected chi connectivity index (χ3v) is 2.28. The van der Waals surface area contributed by atoms with Gasteiger partial charge in [-0.15, -0.1) is 0 Å². The van der Waals surface area contributed by atoms with Gasteiger partial charge in [0.2, 0.25) is 0 Å². The van der Waals surface area contributed by atoms with E-state index in [4.69, 9.17) is 0 Å². The minimum Gasteiger partial charge on any atom is -0.412 e. The van der Waals surface area contributed by atoms with E-state index in [1.165, 1.54) is 51.7 Å². The van der Waals surface area contributed by atoms with Gasteiger partial charge in [-0.25, -0.2) is 0 Å². The molecule has 0 unspecified atom stereocenters. The Morgan fingerprint density at radius 2 is 1.73 bits per heavy atom. The van der Waals surface area contributed by atoms with Crippen LogP contribution in [0.4, 0.5) is 0 Å². The molecule has 1 heterocycles. The Labute approximate surface area is 69.9 Å². The lowest BCUT2D eigenvalue weighted by atomic mass is 10.1. The van der Waals surface area contributed by atoms with Gasteiger partial charge < -0.3 is 10.4 Å². The van der Waals surface area contributed by atoms with Crippen LogP contribution in [0.5, 0.6) is 0 Å². The first-order chi connectivity index (χ1) is 4.93. The zero-order chi connectivity index (χ0) is 7.23. The average molecular weight is 159 g/mol. The number of hydrogen-bond acceptors (Lipinski definition) is 1. The van der Waals surface area contributed by atoms with Crippen molar-refractivity contribution < 1.29 is 5.48 Å². The molecule has 0 aromatic heterocycles. The average Bonchev–Trinajstić information content (AvgIpc) is 2.03. The third kappa shape index (κ3) is 4.38. The molecule has 0 radical (unpaired) electrons. The monoisotopic (exact) mass is 159 g/mol. The van der Waals surface area contributed by atoms with Crippen LogP contribution in [0.1, 0.15) is 39.0 Å². The van der Waals surface area contributed by atoms with Gasteiger partial charge in [-0.1, -0.05) is 19.8 Å². The highest BCUT2D eigenvalue weighted by Gasteiger charge is 2.07. The van der Waals surface area contributed by atoms with Crippen molar-refractivity contribution >= 4 is 0 Å². The van der Waals surface area contributed by atoms with Gasteiger partial charge in [0.15, 0.2) is 0 Å². The summed E-state index contributed by atoms with van der Waals surface area (Å²) in [6, 6.07) is 0. The molecule has 0 saturated carbocycles. The van der Waals surface area contributed by atoms with Crippen molar-refractivity contribution in [2.45, 2.75) is 39.0 Å². The van der Waals surface area contributed by atoms with E-state index in [9.17, 15) is 0 Å². The molecule has 0 aromatic carbocycles. The van der Waals surface area contributed by atoms with Crippen molar-refractivity contribution in [3.05, 3.63) is 0 Å². The number of rotatable bonds is 3. The summed E-state index contributed by atoms with van der Waals surface area (Å²) in [5.74, 6) is 0. The summed E-state index contributed by atoms with van der Waals surface area (Å²) in [5, 5.41) is 0. The van der Waals surface area contributed by atoms with Crippen molar-refractivity contribution in [3.8, 4) is 0 Å². The highest BCUT2D eigenvalue weighted by molar-refractivity contribution is 4.63. The second-order valence-corrected chi connectivity index (χ2v) is 3.26. The number of nitrogens with zero attached hydrogens (tertiary/aromatic N) is 1. The molecule has 2 heteroatoms. The number of piperidine rings is 1. The molecule has 0 amide bonds. The van der Waals surface area contributed by atoms with Crippen LogP contribution in [0.15, 0.2) is 0 Å². The zero-order valence-corrected chi connectivity index (χ0v) is 7.60. The Morgan fingerprint density at radius 1 is 1.09 bits per heavy atom. The summed E-state index contributed by atoms with van der Waals surface area (Å²) in [6.45, 7) is 6.33. The molecule has 1 fully saturated rings. The van der Waals surface area contributed by atoms with E-state index in [1.54, 1.807) is 0 Å². The van der Waals surface area contributed by atoms with Gasteiger partial charge in [0.25, 0.3) is 0 Å². The predicted molar refractivity (Wildman–Crippen MR) is 48.8 cm³/mol. The Morgan fingerprint density at radius 3 is 2.27 bits per heavy atom. The molecule has 0 atom stereocenters. The molecular formula is C9H21NO. The smallest absolute Gasteiger partial charge is 0.00187 e. The van der Waals surface area contributed by atoms with Gasteiger partial charge in [-0.05, 0) is 38.9 Å². The van der Waals surface area contributed by atoms with Gasteiger partial charge in [0.05, 0.1) is 0 Å². The predicted octanol–water partition coefficient (Wildman–Crippen LogP) is 1.45. The van der Waals surface area contributed by atoms with Gasteiger partial charge in [-0.2, -0.15) is 0 Å². The lowest BCUT2D eigenvalue weighted by molar-refractivity contribution is 0.226. The largest absolute Gasteiger partial charge is 0.412 e. The van der Waals surface area contributed by atoms with E-state index in [-0.39, 0.29) is 5.48 Å². The van der Waals surface area contributed by atoms with Crippen LogP contribution in [0, 0.1) is 0 Å². The molecule has 11 heavy (non-hydrogen) atoms. The maximum atomic E-state index is 2.60. The molecule has 0 spiro atoms. The van der Waals surface area contributed by atoms with Gasteiger partial charge >= 0.3 is 0 Å². The Balaban J connectivity index is 0.000001000. The van der Waals surface area contributed by atoms with E-state index in [2.05, 4.69) is 11.8 Å². The SMILES string of the molecule is CCCCN1CCCCC1.O. The first kappa shape index (κ1) is 10.9. The van der Waals surface area contributed by atoms with Crippen LogP contribution in [0.2, 0.25) is 0 Å². The van der Waals surface area contributed by atoms with Crippen LogP contribution in [0.25, 0.3) is 0 Å². The van der Waals surface area contributed by atoms with E-state index in [0.29, 0.717) is 0 Å². The highest BCUT2D eigenvalue weighted by atomic mass is 16.0. The lowest BCUT2D eigenvalue weighted by Gasteiger charge is -2.25. The summed E-state index contributed by atoms with van der Waals surface area (Å²) in [4.78, 5) is 2.60. The summed E-state index contributed by atoms with van der Waals surface area (Å²) in [6.07, 6.45) is 7.06. The van der Waals surface area contributed by atoms with E-state index < -0.39 is 0 Å².